The molecule has 0 unspecified atom stereocenters. The van der Waals surface area contributed by atoms with Crippen molar-refractivity contribution in [1.82, 2.24) is 4.31 Å². The summed E-state index contributed by atoms with van der Waals surface area (Å²) in [6.45, 7) is 3.49. The molecule has 8 heteroatoms. The summed E-state index contributed by atoms with van der Waals surface area (Å²) in [7, 11) is -3.54. The minimum absolute atomic E-state index is 0.133. The molecule has 2 saturated heterocycles. The number of carbonyl (C=O) groups excluding carboxylic acids is 1. The van der Waals surface area contributed by atoms with Gasteiger partial charge in [0.15, 0.2) is 6.54 Å². The van der Waals surface area contributed by atoms with Crippen LogP contribution < -0.4 is 10.2 Å². The van der Waals surface area contributed by atoms with Crippen LogP contribution in [0, 0.1) is 0 Å². The lowest BCUT2D eigenvalue weighted by molar-refractivity contribution is -0.878. The van der Waals surface area contributed by atoms with E-state index in [-0.39, 0.29) is 10.8 Å². The number of hydrogen-bond acceptors (Lipinski definition) is 3. The van der Waals surface area contributed by atoms with E-state index in [1.807, 2.05) is 0 Å². The van der Waals surface area contributed by atoms with Crippen molar-refractivity contribution >= 4 is 33.2 Å². The van der Waals surface area contributed by atoms with Crippen LogP contribution in [0.4, 0.5) is 5.69 Å². The molecular weight excluding hydrogens is 362 g/mol. The van der Waals surface area contributed by atoms with E-state index in [1.54, 1.807) is 0 Å². The SMILES string of the molecule is O=C(C[NH+]1CCCC1)Nc1cc(S(=O)(=O)N2CCCCC2)ccc1Cl. The summed E-state index contributed by atoms with van der Waals surface area (Å²) in [5, 5.41) is 3.13. The first-order valence-corrected chi connectivity index (χ1v) is 10.7. The quantitative estimate of drug-likeness (QED) is 0.797. The zero-order chi connectivity index (χ0) is 17.9. The summed E-state index contributed by atoms with van der Waals surface area (Å²) in [5.41, 5.74) is 0.364. The third-order valence-corrected chi connectivity index (χ3v) is 7.11. The number of hydrogen-bond donors (Lipinski definition) is 2. The number of piperidine rings is 1. The molecule has 25 heavy (non-hydrogen) atoms. The Morgan fingerprint density at radius 3 is 2.48 bits per heavy atom. The normalized spacial score (nSPS) is 19.9. The number of rotatable bonds is 5. The van der Waals surface area contributed by atoms with Crippen molar-refractivity contribution in [2.45, 2.75) is 37.0 Å². The number of halogens is 1. The molecule has 2 heterocycles. The van der Waals surface area contributed by atoms with Crippen LogP contribution in [0.1, 0.15) is 32.1 Å². The van der Waals surface area contributed by atoms with Crippen LogP contribution in [-0.2, 0) is 14.8 Å². The second-order valence-corrected chi connectivity index (χ2v) is 9.13. The van der Waals surface area contributed by atoms with Crippen molar-refractivity contribution in [3.63, 3.8) is 0 Å². The second kappa shape index (κ2) is 8.03. The smallest absolute Gasteiger partial charge is 0.279 e. The maximum absolute atomic E-state index is 12.8. The van der Waals surface area contributed by atoms with E-state index in [1.165, 1.54) is 27.4 Å². The molecule has 2 fully saturated rings. The van der Waals surface area contributed by atoms with Crippen LogP contribution in [0.2, 0.25) is 5.02 Å². The Morgan fingerprint density at radius 2 is 1.80 bits per heavy atom. The van der Waals surface area contributed by atoms with Crippen LogP contribution in [0.25, 0.3) is 0 Å². The van der Waals surface area contributed by atoms with Gasteiger partial charge >= 0.3 is 0 Å². The minimum atomic E-state index is -3.54. The number of quaternary nitrogens is 1. The van der Waals surface area contributed by atoms with Crippen molar-refractivity contribution < 1.29 is 18.1 Å². The van der Waals surface area contributed by atoms with Crippen LogP contribution in [0.5, 0.6) is 0 Å². The van der Waals surface area contributed by atoms with Gasteiger partial charge in [0.2, 0.25) is 10.0 Å². The summed E-state index contributed by atoms with van der Waals surface area (Å²) in [6.07, 6.45) is 5.12. The van der Waals surface area contributed by atoms with Crippen molar-refractivity contribution in [1.29, 1.82) is 0 Å². The van der Waals surface area contributed by atoms with E-state index in [0.717, 1.165) is 45.2 Å². The van der Waals surface area contributed by atoms with Gasteiger partial charge in [0.25, 0.3) is 5.91 Å². The molecule has 0 spiro atoms. The highest BCUT2D eigenvalue weighted by molar-refractivity contribution is 7.89. The monoisotopic (exact) mass is 386 g/mol. The number of likely N-dealkylation sites (tertiary alicyclic amines) is 1. The molecule has 0 saturated carbocycles. The third-order valence-electron chi connectivity index (χ3n) is 4.89. The summed E-state index contributed by atoms with van der Waals surface area (Å²) < 4.78 is 27.1. The Labute approximate surface area is 154 Å². The lowest BCUT2D eigenvalue weighted by atomic mass is 10.2. The van der Waals surface area contributed by atoms with Gasteiger partial charge in [0.1, 0.15) is 0 Å². The van der Waals surface area contributed by atoms with Crippen molar-refractivity contribution in [3.05, 3.63) is 23.2 Å². The van der Waals surface area contributed by atoms with Gasteiger partial charge in [-0.25, -0.2) is 8.42 Å². The molecule has 0 bridgehead atoms. The minimum Gasteiger partial charge on any atom is -0.327 e. The molecular formula is C17H25ClN3O3S+. The average Bonchev–Trinajstić information content (AvgIpc) is 3.10. The molecule has 0 radical (unpaired) electrons. The Balaban J connectivity index is 1.74. The topological polar surface area (TPSA) is 70.9 Å². The van der Waals surface area contributed by atoms with E-state index in [2.05, 4.69) is 5.32 Å². The zero-order valence-corrected chi connectivity index (χ0v) is 15.8. The van der Waals surface area contributed by atoms with E-state index in [0.29, 0.717) is 30.3 Å². The number of sulfonamides is 1. The maximum atomic E-state index is 12.8. The summed E-state index contributed by atoms with van der Waals surface area (Å²) in [4.78, 5) is 13.7. The van der Waals surface area contributed by atoms with Gasteiger partial charge in [-0.3, -0.25) is 4.79 Å². The maximum Gasteiger partial charge on any atom is 0.279 e. The summed E-state index contributed by atoms with van der Waals surface area (Å²) in [5.74, 6) is -0.133. The highest BCUT2D eigenvalue weighted by Gasteiger charge is 2.27. The molecule has 2 N–H and O–H groups in total. The number of benzene rings is 1. The summed E-state index contributed by atoms with van der Waals surface area (Å²) in [6, 6.07) is 4.52. The molecule has 0 aliphatic carbocycles. The molecule has 0 aromatic heterocycles. The number of anilines is 1. The fraction of sp³-hybridized carbons (Fsp3) is 0.588. The standard InChI is InChI=1S/C17H24ClN3O3S/c18-15-7-6-14(25(23,24)21-10-2-1-3-11-21)12-16(15)19-17(22)13-20-8-4-5-9-20/h6-7,12H,1-5,8-11,13H2,(H,19,22)/p+1. The van der Waals surface area contributed by atoms with Crippen molar-refractivity contribution in [3.8, 4) is 0 Å². The highest BCUT2D eigenvalue weighted by atomic mass is 35.5. The molecule has 0 atom stereocenters. The van der Waals surface area contributed by atoms with Crippen LogP contribution >= 0.6 is 11.6 Å². The number of nitrogens with zero attached hydrogens (tertiary/aromatic N) is 1. The summed E-state index contributed by atoms with van der Waals surface area (Å²) >= 11 is 6.16. The first-order chi connectivity index (χ1) is 12.0. The lowest BCUT2D eigenvalue weighted by Gasteiger charge is -2.26. The Bertz CT molecular complexity index is 727. The van der Waals surface area contributed by atoms with Crippen LogP contribution in [-0.4, -0.2) is 51.4 Å². The van der Waals surface area contributed by atoms with Crippen molar-refractivity contribution in [2.75, 3.05) is 38.0 Å². The van der Waals surface area contributed by atoms with Gasteiger partial charge in [-0.05, 0) is 31.0 Å². The zero-order valence-electron chi connectivity index (χ0n) is 14.3. The first kappa shape index (κ1) is 18.6. The van der Waals surface area contributed by atoms with Gasteiger partial charge in [-0.1, -0.05) is 18.0 Å². The first-order valence-electron chi connectivity index (χ1n) is 8.90. The lowest BCUT2D eigenvalue weighted by Crippen LogP contribution is -3.11. The third kappa shape index (κ3) is 4.53. The second-order valence-electron chi connectivity index (χ2n) is 6.79. The Kier molecular flexibility index (Phi) is 5.99. The fourth-order valence-corrected chi connectivity index (χ4v) is 5.20. The number of amides is 1. The molecule has 138 valence electrons. The number of nitrogens with one attached hydrogen (secondary N) is 2. The number of carbonyl (C=O) groups is 1. The van der Waals surface area contributed by atoms with Gasteiger partial charge in [0, 0.05) is 25.9 Å². The van der Waals surface area contributed by atoms with Crippen LogP contribution in [0.3, 0.4) is 0 Å². The van der Waals surface area contributed by atoms with E-state index < -0.39 is 10.0 Å². The van der Waals surface area contributed by atoms with Crippen LogP contribution in [0.15, 0.2) is 23.1 Å². The predicted octanol–water partition coefficient (Wildman–Crippen LogP) is 1.13. The van der Waals surface area contributed by atoms with Crippen molar-refractivity contribution in [2.24, 2.45) is 0 Å². The molecule has 3 rings (SSSR count). The molecule has 2 aliphatic rings. The molecule has 1 aromatic rings. The Hall–Kier alpha value is -1.15. The van der Waals surface area contributed by atoms with Gasteiger partial charge in [0.05, 0.1) is 28.7 Å². The van der Waals surface area contributed by atoms with Gasteiger partial charge in [-0.15, -0.1) is 0 Å². The molecule has 2 aliphatic heterocycles. The largest absolute Gasteiger partial charge is 0.327 e. The highest BCUT2D eigenvalue weighted by Crippen LogP contribution is 2.28. The Morgan fingerprint density at radius 1 is 1.12 bits per heavy atom. The molecule has 6 nitrogen and oxygen atoms in total. The molecule has 1 aromatic carbocycles. The average molecular weight is 387 g/mol. The van der Waals surface area contributed by atoms with Gasteiger partial charge < -0.3 is 10.2 Å². The van der Waals surface area contributed by atoms with Gasteiger partial charge in [-0.2, -0.15) is 4.31 Å². The fourth-order valence-electron chi connectivity index (χ4n) is 3.49. The van der Waals surface area contributed by atoms with E-state index in [9.17, 15) is 13.2 Å². The predicted molar refractivity (Wildman–Crippen MR) is 97.5 cm³/mol. The molecule has 1 amide bonds. The van der Waals surface area contributed by atoms with E-state index in [4.69, 9.17) is 11.6 Å². The van der Waals surface area contributed by atoms with E-state index >= 15 is 0 Å².